The molecule has 0 spiro atoms. The second-order valence-corrected chi connectivity index (χ2v) is 4.91. The van der Waals surface area contributed by atoms with Crippen LogP contribution in [0.25, 0.3) is 0 Å². The van der Waals surface area contributed by atoms with Crippen LogP contribution in [0.1, 0.15) is 38.4 Å². The van der Waals surface area contributed by atoms with E-state index < -0.39 is 0 Å². The van der Waals surface area contributed by atoms with Gasteiger partial charge in [-0.25, -0.2) is 4.98 Å². The topological polar surface area (TPSA) is 29.9 Å². The van der Waals surface area contributed by atoms with Gasteiger partial charge in [0.05, 0.1) is 0 Å². The maximum atomic E-state index is 4.47. The number of aromatic nitrogens is 2. The Bertz CT molecular complexity index is 315. The Balaban J connectivity index is 1.91. The van der Waals surface area contributed by atoms with Gasteiger partial charge in [-0.15, -0.1) is 0 Å². The maximum Gasteiger partial charge on any atom is 0.110 e. The summed E-state index contributed by atoms with van der Waals surface area (Å²) >= 11 is 0. The molecule has 0 bridgehead atoms. The van der Waals surface area contributed by atoms with Gasteiger partial charge in [-0.05, 0) is 25.8 Å². The predicted molar refractivity (Wildman–Crippen MR) is 66.4 cm³/mol. The van der Waals surface area contributed by atoms with Crippen molar-refractivity contribution in [3.63, 3.8) is 0 Å². The van der Waals surface area contributed by atoms with Crippen molar-refractivity contribution >= 4 is 0 Å². The first-order valence-electron chi connectivity index (χ1n) is 6.50. The fourth-order valence-corrected chi connectivity index (χ4v) is 2.25. The summed E-state index contributed by atoms with van der Waals surface area (Å²) in [7, 11) is 2.07. The highest BCUT2D eigenvalue weighted by atomic mass is 15.1. The van der Waals surface area contributed by atoms with Gasteiger partial charge in [-0.2, -0.15) is 0 Å². The van der Waals surface area contributed by atoms with Gasteiger partial charge in [0.15, 0.2) is 0 Å². The summed E-state index contributed by atoms with van der Waals surface area (Å²) < 4.78 is 2.29. The number of likely N-dealkylation sites (N-methyl/N-ethyl adjacent to an activating group) is 1. The minimum Gasteiger partial charge on any atom is -0.335 e. The molecule has 1 aliphatic rings. The Hall–Kier alpha value is -0.830. The summed E-state index contributed by atoms with van der Waals surface area (Å²) in [6.45, 7) is 3.30. The number of hydrogen-bond donors (Lipinski definition) is 1. The fraction of sp³-hybridized carbons (Fsp3) is 0.769. The van der Waals surface area contributed by atoms with Gasteiger partial charge in [0, 0.05) is 31.4 Å². The van der Waals surface area contributed by atoms with Crippen molar-refractivity contribution in [2.24, 2.45) is 5.92 Å². The molecule has 1 unspecified atom stereocenters. The van der Waals surface area contributed by atoms with E-state index in [9.17, 15) is 0 Å². The van der Waals surface area contributed by atoms with E-state index in [0.717, 1.165) is 18.9 Å². The molecule has 16 heavy (non-hydrogen) atoms. The van der Waals surface area contributed by atoms with Gasteiger partial charge >= 0.3 is 0 Å². The zero-order valence-corrected chi connectivity index (χ0v) is 10.4. The van der Waals surface area contributed by atoms with E-state index in [1.54, 1.807) is 0 Å². The molecule has 1 N–H and O–H groups in total. The molecule has 0 radical (unpaired) electrons. The Morgan fingerprint density at radius 2 is 2.38 bits per heavy atom. The molecule has 1 heterocycles. The highest BCUT2D eigenvalue weighted by molar-refractivity contribution is 4.96. The molecule has 1 fully saturated rings. The van der Waals surface area contributed by atoms with E-state index in [-0.39, 0.29) is 0 Å². The third-order valence-electron chi connectivity index (χ3n) is 3.42. The smallest absolute Gasteiger partial charge is 0.110 e. The molecule has 0 amide bonds. The minimum atomic E-state index is 0.602. The zero-order valence-electron chi connectivity index (χ0n) is 10.4. The van der Waals surface area contributed by atoms with Crippen LogP contribution in [-0.2, 0) is 13.0 Å². The van der Waals surface area contributed by atoms with Crippen molar-refractivity contribution < 1.29 is 0 Å². The monoisotopic (exact) mass is 221 g/mol. The summed E-state index contributed by atoms with van der Waals surface area (Å²) in [5.74, 6) is 2.22. The normalized spacial score (nSPS) is 17.6. The first-order chi connectivity index (χ1) is 7.83. The average Bonchev–Trinajstić information content (AvgIpc) is 3.00. The molecule has 1 aromatic rings. The van der Waals surface area contributed by atoms with Crippen LogP contribution in [0, 0.1) is 5.92 Å². The molecule has 0 saturated heterocycles. The highest BCUT2D eigenvalue weighted by Gasteiger charge is 2.25. The van der Waals surface area contributed by atoms with Crippen molar-refractivity contribution in [1.82, 2.24) is 14.9 Å². The molecular weight excluding hydrogens is 198 g/mol. The summed E-state index contributed by atoms with van der Waals surface area (Å²) in [5, 5.41) is 3.43. The van der Waals surface area contributed by atoms with Crippen LogP contribution >= 0.6 is 0 Å². The predicted octanol–water partition coefficient (Wildman–Crippen LogP) is 2.22. The van der Waals surface area contributed by atoms with E-state index in [0.29, 0.717) is 6.04 Å². The van der Waals surface area contributed by atoms with E-state index in [4.69, 9.17) is 0 Å². The lowest BCUT2D eigenvalue weighted by Crippen LogP contribution is -2.29. The van der Waals surface area contributed by atoms with E-state index in [1.165, 1.54) is 31.5 Å². The van der Waals surface area contributed by atoms with Crippen molar-refractivity contribution in [2.75, 3.05) is 7.05 Å². The van der Waals surface area contributed by atoms with Gasteiger partial charge in [0.1, 0.15) is 5.82 Å². The maximum absolute atomic E-state index is 4.47. The Morgan fingerprint density at radius 3 is 3.00 bits per heavy atom. The second kappa shape index (κ2) is 5.48. The lowest BCUT2D eigenvalue weighted by Gasteiger charge is -2.16. The largest absolute Gasteiger partial charge is 0.335 e. The van der Waals surface area contributed by atoms with Gasteiger partial charge in [-0.3, -0.25) is 0 Å². The lowest BCUT2D eigenvalue weighted by molar-refractivity contribution is 0.470. The Morgan fingerprint density at radius 1 is 1.56 bits per heavy atom. The number of nitrogens with one attached hydrogen (secondary N) is 1. The standard InChI is InChI=1S/C13H23N3/c1-3-7-16-8-6-15-13(16)10-12(14-2)9-11-4-5-11/h6,8,11-12,14H,3-5,7,9-10H2,1-2H3. The minimum absolute atomic E-state index is 0.602. The Labute approximate surface area is 98.3 Å². The number of aryl methyl sites for hydroxylation is 1. The molecule has 3 nitrogen and oxygen atoms in total. The quantitative estimate of drug-likeness (QED) is 0.765. The number of imidazole rings is 1. The first kappa shape index (κ1) is 11.6. The van der Waals surface area contributed by atoms with Crippen LogP contribution in [0.2, 0.25) is 0 Å². The second-order valence-electron chi connectivity index (χ2n) is 4.91. The third kappa shape index (κ3) is 3.08. The van der Waals surface area contributed by atoms with Crippen LogP contribution < -0.4 is 5.32 Å². The van der Waals surface area contributed by atoms with Crippen LogP contribution in [0.4, 0.5) is 0 Å². The highest BCUT2D eigenvalue weighted by Crippen LogP contribution is 2.33. The molecule has 3 heteroatoms. The summed E-state index contributed by atoms with van der Waals surface area (Å²) in [6.07, 6.45) is 10.5. The van der Waals surface area contributed by atoms with Gasteiger partial charge in [0.2, 0.25) is 0 Å². The molecule has 1 saturated carbocycles. The fourth-order valence-electron chi connectivity index (χ4n) is 2.25. The molecule has 90 valence electrons. The van der Waals surface area contributed by atoms with Crippen LogP contribution in [-0.4, -0.2) is 22.6 Å². The summed E-state index contributed by atoms with van der Waals surface area (Å²) in [5.41, 5.74) is 0. The van der Waals surface area contributed by atoms with Crippen molar-refractivity contribution in [3.05, 3.63) is 18.2 Å². The SMILES string of the molecule is CCCn1ccnc1CC(CC1CC1)NC. The molecule has 0 aliphatic heterocycles. The van der Waals surface area contributed by atoms with Crippen LogP contribution in [0.5, 0.6) is 0 Å². The Kier molecular flexibility index (Phi) is 3.99. The molecule has 1 aromatic heterocycles. The molecule has 1 atom stereocenters. The van der Waals surface area contributed by atoms with Crippen molar-refractivity contribution in [1.29, 1.82) is 0 Å². The lowest BCUT2D eigenvalue weighted by atomic mass is 10.1. The third-order valence-corrected chi connectivity index (χ3v) is 3.42. The van der Waals surface area contributed by atoms with Crippen molar-refractivity contribution in [3.8, 4) is 0 Å². The first-order valence-corrected chi connectivity index (χ1v) is 6.50. The van der Waals surface area contributed by atoms with E-state index in [1.807, 2.05) is 6.20 Å². The van der Waals surface area contributed by atoms with Crippen molar-refractivity contribution in [2.45, 2.75) is 51.6 Å². The van der Waals surface area contributed by atoms with E-state index in [2.05, 4.69) is 35.0 Å². The number of hydrogen-bond acceptors (Lipinski definition) is 2. The molecule has 0 aromatic carbocycles. The zero-order chi connectivity index (χ0) is 11.4. The molecule has 1 aliphatic carbocycles. The number of nitrogens with zero attached hydrogens (tertiary/aromatic N) is 2. The van der Waals surface area contributed by atoms with E-state index >= 15 is 0 Å². The summed E-state index contributed by atoms with van der Waals surface area (Å²) in [4.78, 5) is 4.47. The van der Waals surface area contributed by atoms with Gasteiger partial charge in [0.25, 0.3) is 0 Å². The van der Waals surface area contributed by atoms with Crippen LogP contribution in [0.3, 0.4) is 0 Å². The van der Waals surface area contributed by atoms with Gasteiger partial charge < -0.3 is 9.88 Å². The van der Waals surface area contributed by atoms with Gasteiger partial charge in [-0.1, -0.05) is 19.8 Å². The molecule has 2 rings (SSSR count). The average molecular weight is 221 g/mol. The summed E-state index contributed by atoms with van der Waals surface area (Å²) in [6, 6.07) is 0.602. The van der Waals surface area contributed by atoms with Crippen LogP contribution in [0.15, 0.2) is 12.4 Å². The number of rotatable bonds is 7. The molecular formula is C13H23N3.